The summed E-state index contributed by atoms with van der Waals surface area (Å²) in [5, 5.41) is 8.48. The fraction of sp³-hybridized carbons (Fsp3) is 0.280. The van der Waals surface area contributed by atoms with Crippen LogP contribution in [0.5, 0.6) is 0 Å². The molecule has 7 heteroatoms. The number of likely N-dealkylation sites (N-methyl/N-ethyl adjacent to an activating group) is 2. The normalized spacial score (nSPS) is 17.1. The van der Waals surface area contributed by atoms with Crippen molar-refractivity contribution < 1.29 is 0 Å². The molecule has 166 valence electrons. The monoisotopic (exact) mass is 429 g/mol. The van der Waals surface area contributed by atoms with Gasteiger partial charge >= 0.3 is 0 Å². The van der Waals surface area contributed by atoms with Crippen LogP contribution in [-0.2, 0) is 0 Å². The Morgan fingerprint density at radius 1 is 1.25 bits per heavy atom. The van der Waals surface area contributed by atoms with Crippen LogP contribution in [0.15, 0.2) is 82.1 Å². The van der Waals surface area contributed by atoms with Crippen LogP contribution in [0.1, 0.15) is 31.4 Å². The zero-order valence-electron chi connectivity index (χ0n) is 19.2. The molecule has 0 saturated carbocycles. The van der Waals surface area contributed by atoms with Gasteiger partial charge in [0.05, 0.1) is 6.54 Å². The molecule has 7 nitrogen and oxygen atoms in total. The van der Waals surface area contributed by atoms with Gasteiger partial charge in [0.15, 0.2) is 5.84 Å². The maximum Gasteiger partial charge on any atom is 0.178 e. The summed E-state index contributed by atoms with van der Waals surface area (Å²) in [7, 11) is 3.90. The highest BCUT2D eigenvalue weighted by Gasteiger charge is 2.22. The first-order valence-corrected chi connectivity index (χ1v) is 10.7. The summed E-state index contributed by atoms with van der Waals surface area (Å²) in [6.45, 7) is 8.55. The predicted octanol–water partition coefficient (Wildman–Crippen LogP) is 4.11. The first kappa shape index (κ1) is 23.1. The third kappa shape index (κ3) is 5.76. The summed E-state index contributed by atoms with van der Waals surface area (Å²) in [6.07, 6.45) is 12.8. The molecule has 0 bridgehead atoms. The third-order valence-corrected chi connectivity index (χ3v) is 4.96. The van der Waals surface area contributed by atoms with Gasteiger partial charge in [-0.1, -0.05) is 31.2 Å². The first-order chi connectivity index (χ1) is 15.5. The summed E-state index contributed by atoms with van der Waals surface area (Å²) in [6, 6.07) is 10.2. The number of aromatic nitrogens is 1. The molecule has 1 aliphatic rings. The van der Waals surface area contributed by atoms with Gasteiger partial charge in [0, 0.05) is 43.2 Å². The summed E-state index contributed by atoms with van der Waals surface area (Å²) in [5.74, 6) is 1.36. The topological polar surface area (TPSA) is 68.5 Å². The molecular formula is C25H31N7. The van der Waals surface area contributed by atoms with Crippen LogP contribution in [0.2, 0.25) is 0 Å². The van der Waals surface area contributed by atoms with Crippen molar-refractivity contribution in [2.45, 2.75) is 26.4 Å². The molecule has 1 atom stereocenters. The van der Waals surface area contributed by atoms with Gasteiger partial charge < -0.3 is 5.43 Å². The van der Waals surface area contributed by atoms with E-state index in [0.717, 1.165) is 34.5 Å². The number of pyridine rings is 1. The number of allylic oxidation sites excluding steroid dienone is 2. The lowest BCUT2D eigenvalue weighted by Crippen LogP contribution is -2.36. The molecule has 2 heterocycles. The van der Waals surface area contributed by atoms with Crippen molar-refractivity contribution in [3.63, 3.8) is 0 Å². The minimum Gasteiger partial charge on any atom is -0.301 e. The number of hydrazone groups is 1. The Balaban J connectivity index is 2.07. The van der Waals surface area contributed by atoms with Crippen LogP contribution >= 0.6 is 0 Å². The Kier molecular flexibility index (Phi) is 8.05. The zero-order valence-corrected chi connectivity index (χ0v) is 19.2. The Morgan fingerprint density at radius 2 is 2.06 bits per heavy atom. The van der Waals surface area contributed by atoms with Gasteiger partial charge in [0.1, 0.15) is 12.0 Å². The van der Waals surface area contributed by atoms with E-state index in [0.29, 0.717) is 12.4 Å². The number of nitrogens with zero attached hydrogens (tertiary/aromatic N) is 6. The van der Waals surface area contributed by atoms with Gasteiger partial charge in [0.25, 0.3) is 0 Å². The van der Waals surface area contributed by atoms with Gasteiger partial charge in [-0.05, 0) is 56.0 Å². The van der Waals surface area contributed by atoms with E-state index in [1.54, 1.807) is 6.20 Å². The van der Waals surface area contributed by atoms with Gasteiger partial charge in [-0.2, -0.15) is 10.1 Å². The third-order valence-electron chi connectivity index (χ3n) is 4.96. The molecule has 3 rings (SSSR count). The molecule has 0 aliphatic carbocycles. The quantitative estimate of drug-likeness (QED) is 0.297. The predicted molar refractivity (Wildman–Crippen MR) is 134 cm³/mol. The van der Waals surface area contributed by atoms with E-state index in [1.165, 1.54) is 0 Å². The van der Waals surface area contributed by atoms with E-state index < -0.39 is 0 Å². The van der Waals surface area contributed by atoms with Crippen molar-refractivity contribution >= 4 is 18.4 Å². The van der Waals surface area contributed by atoms with Crippen molar-refractivity contribution in [3.05, 3.63) is 78.2 Å². The van der Waals surface area contributed by atoms with Crippen LogP contribution in [-0.4, -0.2) is 60.2 Å². The van der Waals surface area contributed by atoms with E-state index in [-0.39, 0.29) is 6.17 Å². The van der Waals surface area contributed by atoms with Crippen molar-refractivity contribution in [1.29, 1.82) is 0 Å². The molecule has 1 aliphatic heterocycles. The fourth-order valence-electron chi connectivity index (χ4n) is 3.28. The van der Waals surface area contributed by atoms with Crippen LogP contribution in [0.3, 0.4) is 0 Å². The minimum absolute atomic E-state index is 0.0481. The molecule has 2 aromatic rings. The van der Waals surface area contributed by atoms with Crippen molar-refractivity contribution in [2.75, 3.05) is 20.6 Å². The van der Waals surface area contributed by atoms with Crippen LogP contribution in [0.4, 0.5) is 0 Å². The van der Waals surface area contributed by atoms with Crippen molar-refractivity contribution in [1.82, 2.24) is 20.4 Å². The molecule has 32 heavy (non-hydrogen) atoms. The standard InChI is InChI=1S/C25H31N7/c1-6-8-12-23-28-25(30-32(23)5)22-16-20(19-11-10-13-27-18-19)15-21(17-22)24(26-3)29-31(4)14-9-7-2/h7-13,15-18,23H,3,6,14H2,1-2,4-5H3,(H,28,30)/b9-7-,12-8-,29-24-. The summed E-state index contributed by atoms with van der Waals surface area (Å²) < 4.78 is 0. The number of amidine groups is 2. The number of hydrogen-bond acceptors (Lipinski definition) is 6. The molecule has 1 N–H and O–H groups in total. The maximum atomic E-state index is 4.86. The number of hydrogen-bond donors (Lipinski definition) is 1. The number of nitrogens with one attached hydrogen (secondary N) is 1. The first-order valence-electron chi connectivity index (χ1n) is 10.7. The average molecular weight is 430 g/mol. The highest BCUT2D eigenvalue weighted by Crippen LogP contribution is 2.24. The molecule has 1 unspecified atom stereocenters. The van der Waals surface area contributed by atoms with Gasteiger partial charge in [-0.25, -0.2) is 9.98 Å². The molecule has 1 aromatic heterocycles. The molecule has 0 amide bonds. The number of hydrazine groups is 1. The van der Waals surface area contributed by atoms with Gasteiger partial charge in [-0.15, -0.1) is 0 Å². The highest BCUT2D eigenvalue weighted by molar-refractivity contribution is 6.06. The Bertz CT molecular complexity index is 1040. The summed E-state index contributed by atoms with van der Waals surface area (Å²) in [5.41, 5.74) is 7.21. The minimum atomic E-state index is -0.0481. The van der Waals surface area contributed by atoms with Crippen LogP contribution in [0, 0.1) is 0 Å². The van der Waals surface area contributed by atoms with E-state index in [2.05, 4.69) is 58.4 Å². The maximum absolute atomic E-state index is 4.86. The average Bonchev–Trinajstić information content (AvgIpc) is 3.20. The van der Waals surface area contributed by atoms with E-state index in [1.807, 2.05) is 67.6 Å². The zero-order chi connectivity index (χ0) is 22.9. The smallest absolute Gasteiger partial charge is 0.178 e. The molecule has 0 saturated heterocycles. The fourth-order valence-corrected chi connectivity index (χ4v) is 3.28. The van der Waals surface area contributed by atoms with Crippen LogP contribution in [0.25, 0.3) is 11.1 Å². The lowest BCUT2D eigenvalue weighted by molar-refractivity contribution is 0.277. The molecule has 0 spiro atoms. The summed E-state index contributed by atoms with van der Waals surface area (Å²) >= 11 is 0. The second-order valence-corrected chi connectivity index (χ2v) is 7.48. The van der Waals surface area contributed by atoms with Crippen LogP contribution < -0.4 is 5.43 Å². The van der Waals surface area contributed by atoms with E-state index in [9.17, 15) is 0 Å². The molecule has 0 fully saturated rings. The molecular weight excluding hydrogens is 398 g/mol. The lowest BCUT2D eigenvalue weighted by atomic mass is 10.00. The van der Waals surface area contributed by atoms with Gasteiger partial charge in [0.2, 0.25) is 0 Å². The second kappa shape index (κ2) is 11.2. The Hall–Kier alpha value is -3.58. The van der Waals surface area contributed by atoms with E-state index >= 15 is 0 Å². The lowest BCUT2D eigenvalue weighted by Gasteiger charge is -2.16. The second-order valence-electron chi connectivity index (χ2n) is 7.48. The molecule has 1 aromatic carbocycles. The highest BCUT2D eigenvalue weighted by atomic mass is 15.6. The number of benzene rings is 1. The van der Waals surface area contributed by atoms with Crippen molar-refractivity contribution in [3.8, 4) is 11.1 Å². The summed E-state index contributed by atoms with van der Waals surface area (Å²) in [4.78, 5) is 13.4. The number of rotatable bonds is 8. The van der Waals surface area contributed by atoms with Crippen molar-refractivity contribution in [2.24, 2.45) is 15.1 Å². The van der Waals surface area contributed by atoms with Gasteiger partial charge in [-0.3, -0.25) is 9.99 Å². The largest absolute Gasteiger partial charge is 0.301 e. The Labute approximate surface area is 190 Å². The number of aliphatic imine (C=N–C) groups is 2. The molecule has 0 radical (unpaired) electrons. The van der Waals surface area contributed by atoms with E-state index in [4.69, 9.17) is 4.99 Å². The SMILES string of the molecule is C=N/C(=N\N(C)C/C=C\C)c1cc(C2=NC(/C=C\CC)N(C)N2)cc(-c2cccnc2)c1. The Morgan fingerprint density at radius 3 is 2.75 bits per heavy atom.